The summed E-state index contributed by atoms with van der Waals surface area (Å²) in [6.07, 6.45) is 3.65. The summed E-state index contributed by atoms with van der Waals surface area (Å²) < 4.78 is 4.47. The molecule has 0 aliphatic carbocycles. The Hall–Kier alpha value is -9.40. The van der Waals surface area contributed by atoms with Crippen LogP contribution in [-0.4, -0.2) is 39.0 Å². The van der Waals surface area contributed by atoms with E-state index in [0.29, 0.717) is 29.0 Å². The van der Waals surface area contributed by atoms with Gasteiger partial charge in [-0.2, -0.15) is 9.97 Å². The zero-order chi connectivity index (χ0) is 44.7. The van der Waals surface area contributed by atoms with Gasteiger partial charge < -0.3 is 0 Å². The Balaban J connectivity index is 1.04. The van der Waals surface area contributed by atoms with Crippen molar-refractivity contribution < 1.29 is 0 Å². The lowest BCUT2D eigenvalue weighted by atomic mass is 9.94. The van der Waals surface area contributed by atoms with Crippen molar-refractivity contribution in [3.05, 3.63) is 219 Å². The lowest BCUT2D eigenvalue weighted by Gasteiger charge is -2.14. The third-order valence-electron chi connectivity index (χ3n) is 13.3. The molecule has 0 amide bonds. The molecule has 0 radical (unpaired) electrons. The van der Waals surface area contributed by atoms with Gasteiger partial charge in [-0.1, -0.05) is 158 Å². The zero-order valence-electron chi connectivity index (χ0n) is 36.4. The lowest BCUT2D eigenvalue weighted by Crippen LogP contribution is -2.08. The Morgan fingerprint density at radius 2 is 0.912 bits per heavy atom. The first-order valence-electron chi connectivity index (χ1n) is 22.7. The molecule has 0 saturated carbocycles. The molecule has 14 aromatic rings. The topological polar surface area (TPSA) is 87.2 Å². The van der Waals surface area contributed by atoms with E-state index in [1.54, 1.807) is 0 Å². The second-order valence-corrected chi connectivity index (χ2v) is 17.1. The molecule has 0 aliphatic heterocycles. The van der Waals surface area contributed by atoms with Crippen LogP contribution in [0.25, 0.3) is 133 Å². The first-order chi connectivity index (χ1) is 33.7. The van der Waals surface area contributed by atoms with E-state index in [1.807, 2.05) is 60.9 Å². The summed E-state index contributed by atoms with van der Waals surface area (Å²) in [7, 11) is 0. The molecule has 68 heavy (non-hydrogen) atoms. The molecule has 0 N–H and O–H groups in total. The van der Waals surface area contributed by atoms with Crippen LogP contribution < -0.4 is 0 Å². The van der Waals surface area contributed by atoms with Crippen molar-refractivity contribution in [2.45, 2.75) is 0 Å². The third kappa shape index (κ3) is 5.87. The van der Waals surface area contributed by atoms with Gasteiger partial charge in [-0.05, 0) is 86.6 Å². The number of imidazole rings is 1. The molecule has 0 aliphatic rings. The summed E-state index contributed by atoms with van der Waals surface area (Å²) in [4.78, 5) is 31.0. The van der Waals surface area contributed by atoms with Crippen LogP contribution in [0.3, 0.4) is 0 Å². The average molecular weight is 869 g/mol. The number of hydrogen-bond donors (Lipinski definition) is 0. The van der Waals surface area contributed by atoms with Gasteiger partial charge in [0.25, 0.3) is 0 Å². The van der Waals surface area contributed by atoms with Gasteiger partial charge in [-0.15, -0.1) is 0 Å². The van der Waals surface area contributed by atoms with E-state index in [9.17, 15) is 0 Å². The fourth-order valence-electron chi connectivity index (χ4n) is 10.2. The molecule has 0 spiro atoms. The van der Waals surface area contributed by atoms with Gasteiger partial charge in [0.05, 0.1) is 22.1 Å². The van der Waals surface area contributed by atoms with Crippen LogP contribution in [0, 0.1) is 0 Å². The van der Waals surface area contributed by atoms with E-state index in [4.69, 9.17) is 29.9 Å². The summed E-state index contributed by atoms with van der Waals surface area (Å²) in [5.41, 5.74) is 9.68. The minimum absolute atomic E-state index is 0.467. The minimum atomic E-state index is 0.467. The second kappa shape index (κ2) is 15.1. The molecule has 316 valence electrons. The van der Waals surface area contributed by atoms with E-state index < -0.39 is 0 Å². The third-order valence-corrected chi connectivity index (χ3v) is 13.3. The molecule has 0 atom stereocenters. The van der Waals surface area contributed by atoms with Crippen molar-refractivity contribution in [3.8, 4) is 57.2 Å². The molecule has 0 saturated heterocycles. The molecule has 5 aromatic heterocycles. The zero-order valence-corrected chi connectivity index (χ0v) is 36.4. The van der Waals surface area contributed by atoms with E-state index in [0.717, 1.165) is 104 Å². The average Bonchev–Trinajstić information content (AvgIpc) is 3.97. The van der Waals surface area contributed by atoms with Crippen LogP contribution in [-0.2, 0) is 0 Å². The maximum atomic E-state index is 5.40. The standard InChI is InChI=1S/C60H36N8/c1-2-17-42(18-3-1)67-51-25-13-12-24-50(51)63-59(67)41-28-26-40(27-29-41)48-36-49-53-43-19-7-4-14-37(43)30-31-52(53)68(56(49)47-23-11-10-22-46(47)48)60-65-57(54-44-20-8-5-15-38(44)32-34-61-54)64-58(66-60)55-45-21-9-6-16-39(45)33-35-62-55/h1-36H. The molecule has 0 fully saturated rings. The first-order valence-corrected chi connectivity index (χ1v) is 22.7. The van der Waals surface area contributed by atoms with E-state index in [-0.39, 0.29) is 0 Å². The smallest absolute Gasteiger partial charge is 0.238 e. The number of rotatable bonds is 6. The van der Waals surface area contributed by atoms with Gasteiger partial charge in [-0.25, -0.2) is 9.97 Å². The van der Waals surface area contributed by atoms with Gasteiger partial charge in [0.2, 0.25) is 5.95 Å². The Morgan fingerprint density at radius 3 is 1.60 bits per heavy atom. The Kier molecular flexibility index (Phi) is 8.41. The molecule has 5 heterocycles. The predicted octanol–water partition coefficient (Wildman–Crippen LogP) is 14.4. The maximum Gasteiger partial charge on any atom is 0.238 e. The van der Waals surface area contributed by atoms with Crippen LogP contribution >= 0.6 is 0 Å². The first kappa shape index (κ1) is 37.9. The normalized spacial score (nSPS) is 11.8. The fourth-order valence-corrected chi connectivity index (χ4v) is 10.2. The molecule has 9 aromatic carbocycles. The summed E-state index contributed by atoms with van der Waals surface area (Å²) in [5.74, 6) is 2.31. The molecule has 8 nitrogen and oxygen atoms in total. The maximum absolute atomic E-state index is 5.40. The summed E-state index contributed by atoms with van der Waals surface area (Å²) in [5, 5.41) is 10.7. The van der Waals surface area contributed by atoms with Gasteiger partial charge >= 0.3 is 0 Å². The van der Waals surface area contributed by atoms with Gasteiger partial charge in [0.15, 0.2) is 11.6 Å². The number of benzene rings is 9. The number of nitrogens with zero attached hydrogens (tertiary/aromatic N) is 8. The SMILES string of the molecule is c1ccc(-n2c(-c3ccc(-c4cc5c6c7ccccc7ccc6n(-c6nc(-c7nccc8ccccc78)nc(-c7nccc8ccccc78)n6)c5c5ccccc45)cc3)nc3ccccc32)cc1. The van der Waals surface area contributed by atoms with Gasteiger partial charge in [-0.3, -0.25) is 19.1 Å². The molecule has 8 heteroatoms. The quantitative estimate of drug-likeness (QED) is 0.165. The summed E-state index contributed by atoms with van der Waals surface area (Å²) in [6.45, 7) is 0. The predicted molar refractivity (Wildman–Crippen MR) is 276 cm³/mol. The minimum Gasteiger partial charge on any atom is -0.292 e. The van der Waals surface area contributed by atoms with Gasteiger partial charge in [0.1, 0.15) is 17.2 Å². The van der Waals surface area contributed by atoms with Crippen molar-refractivity contribution in [3.63, 3.8) is 0 Å². The Bertz CT molecular complexity index is 4220. The van der Waals surface area contributed by atoms with Crippen molar-refractivity contribution in [2.24, 2.45) is 0 Å². The highest BCUT2D eigenvalue weighted by molar-refractivity contribution is 6.28. The van der Waals surface area contributed by atoms with Crippen LogP contribution in [0.1, 0.15) is 0 Å². The van der Waals surface area contributed by atoms with Crippen LogP contribution in [0.5, 0.6) is 0 Å². The molecular weight excluding hydrogens is 833 g/mol. The van der Waals surface area contributed by atoms with Crippen molar-refractivity contribution >= 4 is 75.9 Å². The fraction of sp³-hybridized carbons (Fsp3) is 0. The number of pyridine rings is 2. The second-order valence-electron chi connectivity index (χ2n) is 17.1. The molecule has 0 unspecified atom stereocenters. The van der Waals surface area contributed by atoms with Gasteiger partial charge in [0, 0.05) is 50.6 Å². The van der Waals surface area contributed by atoms with E-state index in [1.165, 1.54) is 0 Å². The number of aromatic nitrogens is 8. The lowest BCUT2D eigenvalue weighted by molar-refractivity contribution is 0.948. The summed E-state index contributed by atoms with van der Waals surface area (Å²) >= 11 is 0. The Morgan fingerprint density at radius 1 is 0.353 bits per heavy atom. The number of para-hydroxylation sites is 3. The van der Waals surface area contributed by atoms with Crippen molar-refractivity contribution in [2.75, 3.05) is 0 Å². The highest BCUT2D eigenvalue weighted by Gasteiger charge is 2.24. The summed E-state index contributed by atoms with van der Waals surface area (Å²) in [6, 6.07) is 72.2. The molecule has 0 bridgehead atoms. The van der Waals surface area contributed by atoms with E-state index >= 15 is 0 Å². The largest absolute Gasteiger partial charge is 0.292 e. The molecule has 14 rings (SSSR count). The van der Waals surface area contributed by atoms with E-state index in [2.05, 4.69) is 167 Å². The van der Waals surface area contributed by atoms with Crippen LogP contribution in [0.15, 0.2) is 219 Å². The highest BCUT2D eigenvalue weighted by Crippen LogP contribution is 2.44. The van der Waals surface area contributed by atoms with Crippen LogP contribution in [0.2, 0.25) is 0 Å². The monoisotopic (exact) mass is 868 g/mol. The molecular formula is C60H36N8. The highest BCUT2D eigenvalue weighted by atomic mass is 15.2. The Labute approximate surface area is 389 Å². The van der Waals surface area contributed by atoms with Crippen molar-refractivity contribution in [1.82, 2.24) is 39.0 Å². The number of hydrogen-bond acceptors (Lipinski definition) is 6. The number of fused-ring (bicyclic) bond motifs is 10. The van der Waals surface area contributed by atoms with Crippen molar-refractivity contribution in [1.29, 1.82) is 0 Å². The van der Waals surface area contributed by atoms with Crippen LogP contribution in [0.4, 0.5) is 0 Å².